The summed E-state index contributed by atoms with van der Waals surface area (Å²) < 4.78 is 15.0. The molecule has 0 radical (unpaired) electrons. The SMILES string of the molecule is CC(C)[C@@H]1CC[C@]2(C(=O)NCCCCCCOP(=O)([O-])[O-])CC[C@]3(C)[C@H](CC[C@@H]4[C@@]5(C)CCC(=O)C(C)(C)[C@@H]5CC[C@]43C)[C@@H]12.[K+].[Na+]. The molecule has 46 heavy (non-hydrogen) atoms. The Kier molecular flexibility index (Phi) is 14.2. The fourth-order valence-electron chi connectivity index (χ4n) is 12.7. The monoisotopic (exact) mass is 695 g/mol. The Hall–Kier alpha value is 1.89. The second kappa shape index (κ2) is 15.5. The quantitative estimate of drug-likeness (QED) is 0.206. The molecule has 0 bridgehead atoms. The minimum absolute atomic E-state index is 0. The van der Waals surface area contributed by atoms with E-state index in [0.717, 1.165) is 64.2 Å². The van der Waals surface area contributed by atoms with Crippen molar-refractivity contribution < 1.29 is 109 Å². The molecule has 9 atom stereocenters. The van der Waals surface area contributed by atoms with Gasteiger partial charge in [-0.1, -0.05) is 61.3 Å². The number of amides is 1. The maximum atomic E-state index is 14.2. The van der Waals surface area contributed by atoms with Gasteiger partial charge in [0.2, 0.25) is 5.91 Å². The third-order valence-corrected chi connectivity index (χ3v) is 15.6. The Labute approximate surface area is 344 Å². The van der Waals surface area contributed by atoms with Crippen molar-refractivity contribution in [1.29, 1.82) is 0 Å². The second-order valence-electron chi connectivity index (χ2n) is 17.4. The number of unbranched alkanes of at least 4 members (excludes halogenated alkanes) is 3. The number of carbonyl (C=O) groups excluding carboxylic acids is 2. The molecule has 252 valence electrons. The normalized spacial score (nSPS) is 41.3. The number of carbonyl (C=O) groups is 2. The summed E-state index contributed by atoms with van der Waals surface area (Å²) in [5, 5.41) is 3.37. The maximum absolute atomic E-state index is 14.2. The van der Waals surface area contributed by atoms with Gasteiger partial charge in [0.15, 0.2) is 0 Å². The third-order valence-electron chi connectivity index (χ3n) is 15.1. The van der Waals surface area contributed by atoms with Crippen molar-refractivity contribution in [3.05, 3.63) is 0 Å². The number of fused-ring (bicyclic) bond motifs is 7. The van der Waals surface area contributed by atoms with Crippen LogP contribution in [0.5, 0.6) is 0 Å². The average molecular weight is 696 g/mol. The predicted molar refractivity (Wildman–Crippen MR) is 169 cm³/mol. The molecule has 5 aliphatic carbocycles. The molecule has 0 aromatic rings. The molecule has 7 nitrogen and oxygen atoms in total. The predicted octanol–water partition coefficient (Wildman–Crippen LogP) is 0.823. The molecule has 0 spiro atoms. The van der Waals surface area contributed by atoms with E-state index < -0.39 is 7.82 Å². The number of nitrogens with one attached hydrogen (secondary N) is 1. The molecule has 0 saturated heterocycles. The van der Waals surface area contributed by atoms with E-state index in [1.807, 2.05) is 0 Å². The largest absolute Gasteiger partial charge is 1.00 e. The Balaban J connectivity index is 0.00000288. The summed E-state index contributed by atoms with van der Waals surface area (Å²) in [5.41, 5.74) is 0.112. The van der Waals surface area contributed by atoms with E-state index in [2.05, 4.69) is 58.3 Å². The van der Waals surface area contributed by atoms with Crippen LogP contribution in [0.25, 0.3) is 0 Å². The van der Waals surface area contributed by atoms with Crippen LogP contribution in [0.2, 0.25) is 0 Å². The van der Waals surface area contributed by atoms with E-state index in [9.17, 15) is 23.9 Å². The van der Waals surface area contributed by atoms with Crippen molar-refractivity contribution in [2.24, 2.45) is 62.6 Å². The van der Waals surface area contributed by atoms with Gasteiger partial charge >= 0.3 is 80.9 Å². The number of ketones is 1. The second-order valence-corrected chi connectivity index (χ2v) is 18.5. The minimum Gasteiger partial charge on any atom is -0.790 e. The van der Waals surface area contributed by atoms with Gasteiger partial charge in [-0.05, 0) is 122 Å². The Morgan fingerprint density at radius 3 is 2.22 bits per heavy atom. The van der Waals surface area contributed by atoms with Crippen LogP contribution < -0.4 is 96.0 Å². The molecule has 0 heterocycles. The molecule has 0 aromatic heterocycles. The molecule has 0 aliphatic heterocycles. The van der Waals surface area contributed by atoms with Gasteiger partial charge in [-0.2, -0.15) is 0 Å². The van der Waals surface area contributed by atoms with E-state index >= 15 is 0 Å². The van der Waals surface area contributed by atoms with Crippen molar-refractivity contribution in [2.45, 2.75) is 138 Å². The molecule has 5 saturated carbocycles. The molecular formula is C36H60KNNaO6P. The summed E-state index contributed by atoms with van der Waals surface area (Å²) in [6, 6.07) is 0. The summed E-state index contributed by atoms with van der Waals surface area (Å²) in [4.78, 5) is 48.6. The topological polar surface area (TPSA) is 119 Å². The van der Waals surface area contributed by atoms with Crippen LogP contribution in [-0.4, -0.2) is 24.8 Å². The molecule has 1 N–H and O–H groups in total. The van der Waals surface area contributed by atoms with E-state index in [0.29, 0.717) is 54.3 Å². The van der Waals surface area contributed by atoms with Crippen molar-refractivity contribution in [3.8, 4) is 0 Å². The number of Topliss-reactive ketones (excluding diaryl/α,β-unsaturated/α-hetero) is 1. The maximum Gasteiger partial charge on any atom is 1.00 e. The van der Waals surface area contributed by atoms with Crippen molar-refractivity contribution in [2.75, 3.05) is 13.2 Å². The molecule has 0 aromatic carbocycles. The number of phosphoric acid groups is 1. The molecule has 0 unspecified atom stereocenters. The zero-order valence-corrected chi connectivity index (χ0v) is 36.7. The smallest absolute Gasteiger partial charge is 0.790 e. The van der Waals surface area contributed by atoms with Crippen molar-refractivity contribution in [3.63, 3.8) is 0 Å². The van der Waals surface area contributed by atoms with E-state index in [1.165, 1.54) is 19.3 Å². The fourth-order valence-corrected chi connectivity index (χ4v) is 13.1. The first-order chi connectivity index (χ1) is 20.4. The molecule has 10 heteroatoms. The minimum atomic E-state index is -4.89. The number of rotatable bonds is 10. The molecule has 5 fully saturated rings. The van der Waals surface area contributed by atoms with E-state index in [1.54, 1.807) is 0 Å². The van der Waals surface area contributed by atoms with Gasteiger partial charge in [0.25, 0.3) is 0 Å². The molecule has 5 aliphatic rings. The van der Waals surface area contributed by atoms with Crippen LogP contribution in [0, 0.1) is 62.6 Å². The fraction of sp³-hybridized carbons (Fsp3) is 0.944. The van der Waals surface area contributed by atoms with Gasteiger partial charge in [0.05, 0.1) is 19.8 Å². The van der Waals surface area contributed by atoms with Crippen LogP contribution in [0.15, 0.2) is 0 Å². The van der Waals surface area contributed by atoms with Crippen LogP contribution in [0.3, 0.4) is 0 Å². The van der Waals surface area contributed by atoms with E-state index in [4.69, 9.17) is 0 Å². The van der Waals surface area contributed by atoms with Crippen molar-refractivity contribution >= 4 is 19.5 Å². The summed E-state index contributed by atoms with van der Waals surface area (Å²) in [6.45, 7) is 17.6. The Morgan fingerprint density at radius 2 is 1.57 bits per heavy atom. The van der Waals surface area contributed by atoms with Gasteiger partial charge in [-0.15, -0.1) is 0 Å². The number of hydrogen-bond donors (Lipinski definition) is 1. The van der Waals surface area contributed by atoms with Gasteiger partial charge in [0.1, 0.15) is 5.78 Å². The van der Waals surface area contributed by atoms with Crippen LogP contribution in [0.1, 0.15) is 138 Å². The van der Waals surface area contributed by atoms with E-state index in [-0.39, 0.29) is 121 Å². The van der Waals surface area contributed by atoms with Crippen LogP contribution in [-0.2, 0) is 18.7 Å². The first kappa shape index (κ1) is 42.3. The molecule has 5 rings (SSSR count). The standard InChI is InChI=1S/C36H62NO6P.K.Na/c1-24(2)25-14-19-36(31(39)37-22-10-8-9-11-23-43-44(40,41)42)21-20-34(6)26(30(25)36)12-13-28-33(5)17-16-29(38)32(3,4)27(33)15-18-35(28,34)7;;/h24-28,30H,8-23H2,1-7H3,(H,37,39)(H2,40,41,42);;/q;2*+1/p-2/t25-,26+,27-,28+,30+,33-,34+,35+,36-;;/m0../s1. The Morgan fingerprint density at radius 1 is 0.891 bits per heavy atom. The van der Waals surface area contributed by atoms with Crippen LogP contribution in [0.4, 0.5) is 0 Å². The van der Waals surface area contributed by atoms with Crippen molar-refractivity contribution in [1.82, 2.24) is 5.32 Å². The third kappa shape index (κ3) is 7.25. The van der Waals surface area contributed by atoms with Gasteiger partial charge in [-0.25, -0.2) is 0 Å². The van der Waals surface area contributed by atoms with Gasteiger partial charge < -0.3 is 24.2 Å². The van der Waals surface area contributed by atoms with Crippen LogP contribution >= 0.6 is 7.82 Å². The summed E-state index contributed by atoms with van der Waals surface area (Å²) >= 11 is 0. The summed E-state index contributed by atoms with van der Waals surface area (Å²) in [7, 11) is -4.89. The summed E-state index contributed by atoms with van der Waals surface area (Å²) in [6.07, 6.45) is 13.8. The first-order valence-corrected chi connectivity index (χ1v) is 19.4. The van der Waals surface area contributed by atoms with Gasteiger partial charge in [-0.3, -0.25) is 9.59 Å². The first-order valence-electron chi connectivity index (χ1n) is 17.9. The average Bonchev–Trinajstić information content (AvgIpc) is 3.33. The number of phosphoric ester groups is 1. The zero-order chi connectivity index (χ0) is 32.3. The molecular weight excluding hydrogens is 635 g/mol. The number of hydrogen-bond acceptors (Lipinski definition) is 6. The zero-order valence-electron chi connectivity index (χ0n) is 30.7. The van der Waals surface area contributed by atoms with Gasteiger partial charge in [0, 0.05) is 18.4 Å². The Bertz CT molecular complexity index is 1160. The molecule has 1 amide bonds. The summed E-state index contributed by atoms with van der Waals surface area (Å²) in [5.74, 6) is 3.92.